The molecule has 0 radical (unpaired) electrons. The summed E-state index contributed by atoms with van der Waals surface area (Å²) in [5, 5.41) is 23.0. The first kappa shape index (κ1) is 20.1. The van der Waals surface area contributed by atoms with Gasteiger partial charge in [0, 0.05) is 18.0 Å². The highest BCUT2D eigenvalue weighted by molar-refractivity contribution is 5.98. The lowest BCUT2D eigenvalue weighted by Crippen LogP contribution is -2.48. The molecular weight excluding hydrogens is 382 g/mol. The van der Waals surface area contributed by atoms with Crippen LogP contribution in [0.1, 0.15) is 33.2 Å². The summed E-state index contributed by atoms with van der Waals surface area (Å²) in [6.45, 7) is 1.35. The Morgan fingerprint density at radius 3 is 2.77 bits per heavy atom. The highest BCUT2D eigenvalue weighted by atomic mass is 16.3. The van der Waals surface area contributed by atoms with E-state index in [1.54, 1.807) is 7.05 Å². The van der Waals surface area contributed by atoms with Crippen molar-refractivity contribution >= 4 is 22.7 Å². The Morgan fingerprint density at radius 2 is 2.00 bits per heavy atom. The fourth-order valence-electron chi connectivity index (χ4n) is 4.25. The molecule has 2 aromatic carbocycles. The van der Waals surface area contributed by atoms with E-state index in [0.29, 0.717) is 12.1 Å². The number of rotatable bonds is 5. The highest BCUT2D eigenvalue weighted by Crippen LogP contribution is 2.36. The molecule has 0 bridgehead atoms. The number of aliphatic hydroxyl groups excluding tert-OH is 2. The molecule has 7 nitrogen and oxygen atoms in total. The van der Waals surface area contributed by atoms with E-state index in [2.05, 4.69) is 10.3 Å². The third-order valence-corrected chi connectivity index (χ3v) is 5.75. The third kappa shape index (κ3) is 3.58. The van der Waals surface area contributed by atoms with E-state index >= 15 is 0 Å². The van der Waals surface area contributed by atoms with Gasteiger partial charge in [-0.3, -0.25) is 9.59 Å². The zero-order chi connectivity index (χ0) is 21.4. The van der Waals surface area contributed by atoms with Gasteiger partial charge in [0.25, 0.3) is 11.8 Å². The van der Waals surface area contributed by atoms with Gasteiger partial charge in [-0.1, -0.05) is 35.9 Å². The second-order valence-corrected chi connectivity index (χ2v) is 7.85. The number of aromatic nitrogens is 1. The first-order chi connectivity index (χ1) is 14.4. The average molecular weight is 407 g/mol. The van der Waals surface area contributed by atoms with Crippen molar-refractivity contribution in [2.45, 2.75) is 31.5 Å². The van der Waals surface area contributed by atoms with E-state index in [1.807, 2.05) is 55.5 Å². The van der Waals surface area contributed by atoms with Crippen LogP contribution in [0.3, 0.4) is 0 Å². The molecule has 30 heavy (non-hydrogen) atoms. The number of nitrogens with zero attached hydrogens (tertiary/aromatic N) is 1. The first-order valence-corrected chi connectivity index (χ1v) is 9.92. The summed E-state index contributed by atoms with van der Waals surface area (Å²) in [5.74, 6) is -0.838. The molecule has 3 aromatic rings. The van der Waals surface area contributed by atoms with Gasteiger partial charge in [-0.15, -0.1) is 0 Å². The van der Waals surface area contributed by atoms with E-state index in [0.717, 1.165) is 27.6 Å². The minimum atomic E-state index is -1.49. The van der Waals surface area contributed by atoms with Gasteiger partial charge >= 0.3 is 0 Å². The van der Waals surface area contributed by atoms with Crippen LogP contribution in [0, 0.1) is 6.92 Å². The number of likely N-dealkylation sites (N-methyl/N-ethyl adjacent to an activating group) is 1. The van der Waals surface area contributed by atoms with Crippen LogP contribution in [0.15, 0.2) is 48.5 Å². The molecule has 1 aliphatic rings. The number of carbonyl (C=O) groups excluding carboxylic acids is 2. The number of H-pyrrole nitrogens is 1. The van der Waals surface area contributed by atoms with Crippen LogP contribution in [-0.2, 0) is 11.2 Å². The summed E-state index contributed by atoms with van der Waals surface area (Å²) < 4.78 is 0. The summed E-state index contributed by atoms with van der Waals surface area (Å²) in [6.07, 6.45) is -0.922. The number of aromatic amines is 1. The number of aryl methyl sites for hydroxylation is 1. The Labute approximate surface area is 174 Å². The smallest absolute Gasteiger partial charge is 0.268 e. The van der Waals surface area contributed by atoms with E-state index < -0.39 is 24.7 Å². The largest absolute Gasteiger partial charge is 0.393 e. The molecule has 1 heterocycles. The highest BCUT2D eigenvalue weighted by Gasteiger charge is 2.39. The zero-order valence-corrected chi connectivity index (χ0v) is 16.9. The van der Waals surface area contributed by atoms with Crippen LogP contribution in [0.5, 0.6) is 0 Å². The number of benzene rings is 2. The number of nitrogens with one attached hydrogen (secondary N) is 2. The molecule has 7 heteroatoms. The fraction of sp³-hybridized carbons (Fsp3) is 0.304. The number of hydrogen-bond acceptors (Lipinski definition) is 4. The maximum atomic E-state index is 13.0. The summed E-state index contributed by atoms with van der Waals surface area (Å²) in [4.78, 5) is 30.1. The van der Waals surface area contributed by atoms with Crippen molar-refractivity contribution < 1.29 is 19.8 Å². The summed E-state index contributed by atoms with van der Waals surface area (Å²) in [5.41, 5.74) is 4.42. The third-order valence-electron chi connectivity index (χ3n) is 5.75. The Bertz CT molecular complexity index is 1110. The van der Waals surface area contributed by atoms with Gasteiger partial charge in [0.05, 0.1) is 18.7 Å². The van der Waals surface area contributed by atoms with Crippen molar-refractivity contribution in [1.82, 2.24) is 15.2 Å². The first-order valence-electron chi connectivity index (χ1n) is 9.92. The number of hydrogen-bond donors (Lipinski definition) is 4. The van der Waals surface area contributed by atoms with E-state index in [4.69, 9.17) is 5.11 Å². The molecule has 0 saturated heterocycles. The van der Waals surface area contributed by atoms with Crippen LogP contribution >= 0.6 is 0 Å². The molecule has 3 atom stereocenters. The van der Waals surface area contributed by atoms with Crippen LogP contribution in [-0.4, -0.2) is 57.7 Å². The van der Waals surface area contributed by atoms with Crippen LogP contribution in [0.25, 0.3) is 10.9 Å². The Kier molecular flexibility index (Phi) is 5.32. The lowest BCUT2D eigenvalue weighted by Gasteiger charge is -2.32. The van der Waals surface area contributed by atoms with Crippen LogP contribution in [0.4, 0.5) is 0 Å². The van der Waals surface area contributed by atoms with Gasteiger partial charge in [0.2, 0.25) is 0 Å². The maximum Gasteiger partial charge on any atom is 0.268 e. The molecule has 1 aromatic heterocycles. The molecule has 4 rings (SSSR count). The molecule has 1 aliphatic carbocycles. The Balaban J connectivity index is 1.61. The number of amides is 2. The lowest BCUT2D eigenvalue weighted by atomic mass is 10.0. The topological polar surface area (TPSA) is 106 Å². The van der Waals surface area contributed by atoms with Gasteiger partial charge in [-0.25, -0.2) is 0 Å². The molecule has 3 unspecified atom stereocenters. The summed E-state index contributed by atoms with van der Waals surface area (Å²) in [6, 6.07) is 14.7. The molecule has 0 aliphatic heterocycles. The number of fused-ring (bicyclic) bond motifs is 2. The zero-order valence-electron chi connectivity index (χ0n) is 16.9. The fourth-order valence-corrected chi connectivity index (χ4v) is 4.25. The normalized spacial score (nSPS) is 18.8. The lowest BCUT2D eigenvalue weighted by molar-refractivity contribution is -0.143. The van der Waals surface area contributed by atoms with Crippen molar-refractivity contribution in [2.24, 2.45) is 0 Å². The van der Waals surface area contributed by atoms with Gasteiger partial charge in [-0.2, -0.15) is 0 Å². The standard InChI is InChI=1S/C23H25N3O4/c1-13-7-8-17-15(9-13)11-19(24-17)22(29)25-18-10-14-5-3-4-6-16(14)21(18)26(2)23(30)20(28)12-27/h3-9,11,18,20-21,24,27-28H,10,12H2,1-2H3,(H,25,29). The summed E-state index contributed by atoms with van der Waals surface area (Å²) in [7, 11) is 1.58. The quantitative estimate of drug-likeness (QED) is 0.516. The van der Waals surface area contributed by atoms with Crippen molar-refractivity contribution in [2.75, 3.05) is 13.7 Å². The minimum absolute atomic E-state index is 0.254. The van der Waals surface area contributed by atoms with Crippen molar-refractivity contribution in [3.63, 3.8) is 0 Å². The van der Waals surface area contributed by atoms with Gasteiger partial charge in [0.1, 0.15) is 5.69 Å². The van der Waals surface area contributed by atoms with Crippen molar-refractivity contribution in [3.05, 3.63) is 70.9 Å². The van der Waals surface area contributed by atoms with Crippen LogP contribution in [0.2, 0.25) is 0 Å². The predicted octanol–water partition coefficient (Wildman–Crippen LogP) is 1.68. The SMILES string of the molecule is Cc1ccc2[nH]c(C(=O)NC3Cc4ccccc4C3N(C)C(=O)C(O)CO)cc2c1. The van der Waals surface area contributed by atoms with Crippen molar-refractivity contribution in [1.29, 1.82) is 0 Å². The Morgan fingerprint density at radius 1 is 1.23 bits per heavy atom. The van der Waals surface area contributed by atoms with E-state index in [1.165, 1.54) is 4.90 Å². The number of carbonyl (C=O) groups is 2. The molecule has 2 amide bonds. The molecule has 0 fully saturated rings. The number of aliphatic hydroxyl groups is 2. The Hall–Kier alpha value is -3.16. The molecule has 156 valence electrons. The van der Waals surface area contributed by atoms with Crippen LogP contribution < -0.4 is 5.32 Å². The summed E-state index contributed by atoms with van der Waals surface area (Å²) >= 11 is 0. The second kappa shape index (κ2) is 7.93. The van der Waals surface area contributed by atoms with Gasteiger partial charge in [0.15, 0.2) is 6.10 Å². The molecule has 0 saturated carbocycles. The molecule has 4 N–H and O–H groups in total. The average Bonchev–Trinajstić information content (AvgIpc) is 3.32. The van der Waals surface area contributed by atoms with E-state index in [-0.39, 0.29) is 11.9 Å². The molecule has 0 spiro atoms. The van der Waals surface area contributed by atoms with Gasteiger partial charge in [-0.05, 0) is 42.7 Å². The second-order valence-electron chi connectivity index (χ2n) is 7.85. The van der Waals surface area contributed by atoms with Crippen molar-refractivity contribution in [3.8, 4) is 0 Å². The maximum absolute atomic E-state index is 13.0. The predicted molar refractivity (Wildman–Crippen MR) is 113 cm³/mol. The van der Waals surface area contributed by atoms with Gasteiger partial charge < -0.3 is 25.4 Å². The molecular formula is C23H25N3O4. The monoisotopic (exact) mass is 407 g/mol. The minimum Gasteiger partial charge on any atom is -0.393 e. The van der Waals surface area contributed by atoms with E-state index in [9.17, 15) is 14.7 Å².